The maximum atomic E-state index is 11.7. The molecule has 0 aliphatic carbocycles. The molecule has 0 radical (unpaired) electrons. The van der Waals surface area contributed by atoms with E-state index in [2.05, 4.69) is 10.3 Å². The van der Waals surface area contributed by atoms with Crippen LogP contribution in [0.4, 0.5) is 5.69 Å². The summed E-state index contributed by atoms with van der Waals surface area (Å²) < 4.78 is 0. The van der Waals surface area contributed by atoms with E-state index < -0.39 is 28.8 Å². The Morgan fingerprint density at radius 1 is 1.50 bits per heavy atom. The molecule has 0 spiro atoms. The summed E-state index contributed by atoms with van der Waals surface area (Å²) in [6.45, 7) is 3.01. The van der Waals surface area contributed by atoms with E-state index in [1.54, 1.807) is 6.92 Å². The number of aromatic nitrogens is 1. The highest BCUT2D eigenvalue weighted by Gasteiger charge is 2.22. The van der Waals surface area contributed by atoms with Crippen molar-refractivity contribution in [3.05, 3.63) is 28.1 Å². The monoisotopic (exact) mass is 255 g/mol. The Morgan fingerprint density at radius 3 is 2.56 bits per heavy atom. The number of carboxylic acids is 1. The van der Waals surface area contributed by atoms with Gasteiger partial charge in [-0.1, -0.05) is 0 Å². The fourth-order valence-corrected chi connectivity index (χ4v) is 1.24. The topological polar surface area (TPSA) is 125 Å². The number of carbonyl (C=O) groups excluding carboxylic acids is 1. The number of H-pyrrole nitrogens is 1. The number of nitrogens with one attached hydrogen (secondary N) is 2. The Balaban J connectivity index is 2.70. The highest BCUT2D eigenvalue weighted by atomic mass is 16.6. The second kappa shape index (κ2) is 5.30. The van der Waals surface area contributed by atoms with Crippen LogP contribution < -0.4 is 5.32 Å². The molecule has 3 N–H and O–H groups in total. The zero-order chi connectivity index (χ0) is 13.9. The van der Waals surface area contributed by atoms with Crippen molar-refractivity contribution in [3.8, 4) is 0 Å². The van der Waals surface area contributed by atoms with Crippen molar-refractivity contribution < 1.29 is 19.6 Å². The van der Waals surface area contributed by atoms with Gasteiger partial charge in [0.2, 0.25) is 0 Å². The molecule has 0 saturated heterocycles. The predicted molar refractivity (Wildman–Crippen MR) is 61.2 cm³/mol. The number of carboxylic acid groups (broad SMARTS) is 1. The van der Waals surface area contributed by atoms with Crippen LogP contribution in [0.5, 0.6) is 0 Å². The molecule has 2 atom stereocenters. The standard InChI is InChI=1S/C10H13N3O5/c1-5(10(15)16)6(2)12-9(14)8-3-7(4-11-8)13(17)18/h3-6,11H,1-2H3,(H,12,14)(H,15,16). The molecule has 1 amide bonds. The molecule has 1 heterocycles. The molecule has 8 heteroatoms. The lowest BCUT2D eigenvalue weighted by atomic mass is 10.0. The molecule has 0 saturated carbocycles. The molecule has 0 aromatic carbocycles. The van der Waals surface area contributed by atoms with Gasteiger partial charge in [-0.15, -0.1) is 0 Å². The minimum absolute atomic E-state index is 0.0196. The van der Waals surface area contributed by atoms with Crippen molar-refractivity contribution in [3.63, 3.8) is 0 Å². The number of nitro groups is 1. The van der Waals surface area contributed by atoms with Crippen molar-refractivity contribution in [2.24, 2.45) is 5.92 Å². The average Bonchev–Trinajstić information content (AvgIpc) is 2.76. The molecule has 0 bridgehead atoms. The smallest absolute Gasteiger partial charge is 0.308 e. The van der Waals surface area contributed by atoms with Crippen LogP contribution >= 0.6 is 0 Å². The average molecular weight is 255 g/mol. The number of aliphatic carboxylic acids is 1. The molecule has 0 aliphatic rings. The molecule has 8 nitrogen and oxygen atoms in total. The summed E-state index contributed by atoms with van der Waals surface area (Å²) in [4.78, 5) is 34.6. The van der Waals surface area contributed by atoms with E-state index in [4.69, 9.17) is 5.11 Å². The van der Waals surface area contributed by atoms with E-state index in [0.29, 0.717) is 0 Å². The molecular weight excluding hydrogens is 242 g/mol. The Labute approximate surface area is 102 Å². The third-order valence-corrected chi connectivity index (χ3v) is 2.62. The van der Waals surface area contributed by atoms with E-state index in [1.807, 2.05) is 0 Å². The summed E-state index contributed by atoms with van der Waals surface area (Å²) in [6.07, 6.45) is 1.10. The molecule has 1 aromatic heterocycles. The third kappa shape index (κ3) is 3.06. The van der Waals surface area contributed by atoms with Crippen LogP contribution in [0.2, 0.25) is 0 Å². The lowest BCUT2D eigenvalue weighted by Gasteiger charge is -2.16. The zero-order valence-corrected chi connectivity index (χ0v) is 9.84. The van der Waals surface area contributed by atoms with Crippen LogP contribution in [0.25, 0.3) is 0 Å². The molecule has 1 aromatic rings. The van der Waals surface area contributed by atoms with Gasteiger partial charge < -0.3 is 15.4 Å². The van der Waals surface area contributed by atoms with Crippen molar-refractivity contribution in [1.29, 1.82) is 0 Å². The van der Waals surface area contributed by atoms with Crippen molar-refractivity contribution in [2.45, 2.75) is 19.9 Å². The Morgan fingerprint density at radius 2 is 2.11 bits per heavy atom. The number of hydrogen-bond donors (Lipinski definition) is 3. The van der Waals surface area contributed by atoms with Gasteiger partial charge in [0.05, 0.1) is 17.0 Å². The van der Waals surface area contributed by atoms with Crippen LogP contribution in [0, 0.1) is 16.0 Å². The van der Waals surface area contributed by atoms with Gasteiger partial charge >= 0.3 is 5.97 Å². The van der Waals surface area contributed by atoms with Crippen molar-refractivity contribution in [2.75, 3.05) is 0 Å². The zero-order valence-electron chi connectivity index (χ0n) is 9.84. The van der Waals surface area contributed by atoms with Crippen LogP contribution in [-0.4, -0.2) is 32.9 Å². The SMILES string of the molecule is CC(NC(=O)c1cc([N+](=O)[O-])c[nH]1)C(C)C(=O)O. The lowest BCUT2D eigenvalue weighted by molar-refractivity contribution is -0.384. The van der Waals surface area contributed by atoms with Gasteiger partial charge in [0.25, 0.3) is 11.6 Å². The van der Waals surface area contributed by atoms with Gasteiger partial charge in [0, 0.05) is 12.1 Å². The van der Waals surface area contributed by atoms with Gasteiger partial charge in [0.1, 0.15) is 5.69 Å². The highest BCUT2D eigenvalue weighted by Crippen LogP contribution is 2.12. The second-order valence-electron chi connectivity index (χ2n) is 3.92. The number of aromatic amines is 1. The lowest BCUT2D eigenvalue weighted by Crippen LogP contribution is -2.40. The van der Waals surface area contributed by atoms with Gasteiger partial charge in [-0.25, -0.2) is 0 Å². The first-order valence-corrected chi connectivity index (χ1v) is 5.19. The van der Waals surface area contributed by atoms with Crippen LogP contribution in [-0.2, 0) is 4.79 Å². The van der Waals surface area contributed by atoms with Crippen LogP contribution in [0.1, 0.15) is 24.3 Å². The number of rotatable bonds is 5. The minimum atomic E-state index is -1.03. The molecule has 0 aliphatic heterocycles. The Hall–Kier alpha value is -2.38. The van der Waals surface area contributed by atoms with Gasteiger partial charge in [-0.2, -0.15) is 0 Å². The Bertz CT molecular complexity index is 482. The summed E-state index contributed by atoms with van der Waals surface area (Å²) >= 11 is 0. The summed E-state index contributed by atoms with van der Waals surface area (Å²) in [5.41, 5.74) is -0.203. The molecule has 2 unspecified atom stereocenters. The van der Waals surface area contributed by atoms with E-state index in [0.717, 1.165) is 12.3 Å². The fourth-order valence-electron chi connectivity index (χ4n) is 1.24. The number of nitrogens with zero attached hydrogens (tertiary/aromatic N) is 1. The van der Waals surface area contributed by atoms with Crippen molar-refractivity contribution in [1.82, 2.24) is 10.3 Å². The van der Waals surface area contributed by atoms with E-state index in [1.165, 1.54) is 6.92 Å². The van der Waals surface area contributed by atoms with E-state index in [9.17, 15) is 19.7 Å². The largest absolute Gasteiger partial charge is 0.481 e. The third-order valence-electron chi connectivity index (χ3n) is 2.62. The Kier molecular flexibility index (Phi) is 4.03. The maximum Gasteiger partial charge on any atom is 0.308 e. The number of amides is 1. The summed E-state index contributed by atoms with van der Waals surface area (Å²) in [6, 6.07) is 0.505. The first kappa shape index (κ1) is 13.7. The van der Waals surface area contributed by atoms with Crippen LogP contribution in [0.3, 0.4) is 0 Å². The van der Waals surface area contributed by atoms with Crippen LogP contribution in [0.15, 0.2) is 12.3 Å². The molecule has 98 valence electrons. The normalized spacial score (nSPS) is 13.7. The molecular formula is C10H13N3O5. The first-order valence-electron chi connectivity index (χ1n) is 5.19. The van der Waals surface area contributed by atoms with Gasteiger partial charge in [0.15, 0.2) is 0 Å². The van der Waals surface area contributed by atoms with Crippen molar-refractivity contribution >= 4 is 17.6 Å². The number of hydrogen-bond acceptors (Lipinski definition) is 4. The molecule has 18 heavy (non-hydrogen) atoms. The van der Waals surface area contributed by atoms with E-state index in [-0.39, 0.29) is 11.4 Å². The summed E-state index contributed by atoms with van der Waals surface area (Å²) in [5.74, 6) is -2.36. The summed E-state index contributed by atoms with van der Waals surface area (Å²) in [7, 11) is 0. The number of carbonyl (C=O) groups is 2. The molecule has 0 fully saturated rings. The maximum absolute atomic E-state index is 11.7. The second-order valence-corrected chi connectivity index (χ2v) is 3.92. The minimum Gasteiger partial charge on any atom is -0.481 e. The predicted octanol–water partition coefficient (Wildman–Crippen LogP) is 0.762. The fraction of sp³-hybridized carbons (Fsp3) is 0.400. The quantitative estimate of drug-likeness (QED) is 0.529. The van der Waals surface area contributed by atoms with E-state index >= 15 is 0 Å². The first-order chi connectivity index (χ1) is 8.32. The summed E-state index contributed by atoms with van der Waals surface area (Å²) in [5, 5.41) is 21.7. The highest BCUT2D eigenvalue weighted by molar-refractivity contribution is 5.93. The van der Waals surface area contributed by atoms with Gasteiger partial charge in [-0.3, -0.25) is 19.7 Å². The van der Waals surface area contributed by atoms with Gasteiger partial charge in [-0.05, 0) is 13.8 Å². The molecule has 1 rings (SSSR count).